The van der Waals surface area contributed by atoms with E-state index in [2.05, 4.69) is 43.8 Å². The number of hydrogen-bond donors (Lipinski definition) is 1. The van der Waals surface area contributed by atoms with Gasteiger partial charge in [-0.2, -0.15) is 0 Å². The molecule has 4 nitrogen and oxygen atoms in total. The number of benzene rings is 2. The van der Waals surface area contributed by atoms with Gasteiger partial charge in [0.2, 0.25) is 0 Å². The molecule has 0 aromatic heterocycles. The van der Waals surface area contributed by atoms with Crippen LogP contribution in [0.3, 0.4) is 0 Å². The third kappa shape index (κ3) is 6.52. The Kier molecular flexibility index (Phi) is 9.43. The van der Waals surface area contributed by atoms with E-state index in [0.29, 0.717) is 23.9 Å². The molecule has 0 atom stereocenters. The summed E-state index contributed by atoms with van der Waals surface area (Å²) in [5.74, 6) is 0.693. The van der Waals surface area contributed by atoms with Gasteiger partial charge in [-0.3, -0.25) is 4.79 Å². The molecule has 0 spiro atoms. The average molecular weight is 384 g/mol. The van der Waals surface area contributed by atoms with Crippen molar-refractivity contribution in [2.75, 3.05) is 13.7 Å². The van der Waals surface area contributed by atoms with Crippen LogP contribution in [-0.2, 0) is 4.74 Å². The highest BCUT2D eigenvalue weighted by Gasteiger charge is 2.12. The average Bonchev–Trinajstić information content (AvgIpc) is 2.68. The van der Waals surface area contributed by atoms with E-state index < -0.39 is 0 Å². The van der Waals surface area contributed by atoms with E-state index >= 15 is 0 Å². The molecule has 0 radical (unpaired) electrons. The lowest BCUT2D eigenvalue weighted by Gasteiger charge is -2.13. The third-order valence-corrected chi connectivity index (χ3v) is 4.58. The molecule has 2 aromatic carbocycles. The molecule has 4 heteroatoms. The van der Waals surface area contributed by atoms with E-state index in [1.165, 1.54) is 18.2 Å². The topological polar surface area (TPSA) is 55.4 Å². The summed E-state index contributed by atoms with van der Waals surface area (Å²) < 4.78 is 4.60. The first-order valence-electron chi connectivity index (χ1n) is 9.78. The molecule has 152 valence electrons. The molecule has 0 bridgehead atoms. The van der Waals surface area contributed by atoms with Gasteiger partial charge in [0.05, 0.1) is 12.7 Å². The predicted octanol–water partition coefficient (Wildman–Crippen LogP) is 5.46. The quantitative estimate of drug-likeness (QED) is 0.697. The van der Waals surface area contributed by atoms with Crippen LogP contribution in [0.15, 0.2) is 42.5 Å². The summed E-state index contributed by atoms with van der Waals surface area (Å²) >= 11 is 0. The Morgan fingerprint density at radius 3 is 2.04 bits per heavy atom. The summed E-state index contributed by atoms with van der Waals surface area (Å²) in [6.07, 6.45) is 0. The minimum absolute atomic E-state index is 0.0255. The molecule has 0 heterocycles. The number of carbonyl (C=O) groups excluding carboxylic acids is 2. The second kappa shape index (κ2) is 11.3. The van der Waals surface area contributed by atoms with E-state index in [4.69, 9.17) is 0 Å². The molecule has 0 aliphatic heterocycles. The minimum atomic E-state index is -0.282. The van der Waals surface area contributed by atoms with Crippen molar-refractivity contribution in [3.05, 3.63) is 70.3 Å². The lowest BCUT2D eigenvalue weighted by molar-refractivity contribution is 0.0600. The van der Waals surface area contributed by atoms with Crippen molar-refractivity contribution < 1.29 is 14.3 Å². The summed E-state index contributed by atoms with van der Waals surface area (Å²) in [5.41, 5.74) is 4.97. The van der Waals surface area contributed by atoms with Crippen molar-refractivity contribution in [3.63, 3.8) is 0 Å². The first-order chi connectivity index (χ1) is 13.2. The molecule has 2 aromatic rings. The van der Waals surface area contributed by atoms with Gasteiger partial charge in [0, 0.05) is 12.1 Å². The summed E-state index contributed by atoms with van der Waals surface area (Å²) in [5, 5.41) is 2.83. The van der Waals surface area contributed by atoms with Crippen LogP contribution < -0.4 is 5.32 Å². The van der Waals surface area contributed by atoms with Crippen molar-refractivity contribution >= 4 is 11.9 Å². The van der Waals surface area contributed by atoms with E-state index in [-0.39, 0.29) is 11.9 Å². The molecule has 0 saturated carbocycles. The maximum absolute atomic E-state index is 11.7. The van der Waals surface area contributed by atoms with Crippen LogP contribution >= 0.6 is 0 Å². The first kappa shape index (κ1) is 23.4. The standard InChI is InChI=1S/C13H19NO.C11H14O2/c1-5-14-13(15)12-8-6-7-11(9(2)3)10(12)4;1-8(2)9-4-6-10(7-5-9)11(12)13-3/h6-9H,5H2,1-4H3,(H,14,15);4-8H,1-3H3. The lowest BCUT2D eigenvalue weighted by atomic mass is 9.94. The second-order valence-electron chi connectivity index (χ2n) is 7.30. The number of esters is 1. The molecule has 0 unspecified atom stereocenters. The molecule has 28 heavy (non-hydrogen) atoms. The number of rotatable bonds is 5. The predicted molar refractivity (Wildman–Crippen MR) is 115 cm³/mol. The molecule has 2 rings (SSSR count). The monoisotopic (exact) mass is 383 g/mol. The highest BCUT2D eigenvalue weighted by Crippen LogP contribution is 2.21. The van der Waals surface area contributed by atoms with Gasteiger partial charge in [-0.05, 0) is 60.6 Å². The number of amides is 1. The fourth-order valence-electron chi connectivity index (χ4n) is 2.90. The molecule has 0 aliphatic carbocycles. The van der Waals surface area contributed by atoms with E-state index in [9.17, 15) is 9.59 Å². The zero-order chi connectivity index (χ0) is 21.3. The zero-order valence-electron chi connectivity index (χ0n) is 18.1. The molecule has 0 aliphatic rings. The number of methoxy groups -OCH3 is 1. The van der Waals surface area contributed by atoms with Crippen molar-refractivity contribution in [1.82, 2.24) is 5.32 Å². The molecule has 0 fully saturated rings. The maximum atomic E-state index is 11.7. The summed E-state index contributed by atoms with van der Waals surface area (Å²) in [6.45, 7) is 13.1. The van der Waals surface area contributed by atoms with Crippen LogP contribution in [0.5, 0.6) is 0 Å². The highest BCUT2D eigenvalue weighted by molar-refractivity contribution is 5.95. The Balaban J connectivity index is 0.000000283. The Morgan fingerprint density at radius 1 is 0.964 bits per heavy atom. The van der Waals surface area contributed by atoms with E-state index in [1.807, 2.05) is 38.1 Å². The van der Waals surface area contributed by atoms with Crippen molar-refractivity contribution in [3.8, 4) is 0 Å². The zero-order valence-corrected chi connectivity index (χ0v) is 18.1. The number of ether oxygens (including phenoxy) is 1. The molecule has 0 saturated heterocycles. The highest BCUT2D eigenvalue weighted by atomic mass is 16.5. The Bertz CT molecular complexity index is 777. The summed E-state index contributed by atoms with van der Waals surface area (Å²) in [4.78, 5) is 22.8. The SMILES string of the molecule is CCNC(=O)c1cccc(C(C)C)c1C.COC(=O)c1ccc(C(C)C)cc1. The van der Waals surface area contributed by atoms with Crippen LogP contribution in [0, 0.1) is 6.92 Å². The third-order valence-electron chi connectivity index (χ3n) is 4.58. The fraction of sp³-hybridized carbons (Fsp3) is 0.417. The Morgan fingerprint density at radius 2 is 1.57 bits per heavy atom. The van der Waals surface area contributed by atoms with Gasteiger partial charge < -0.3 is 10.1 Å². The van der Waals surface area contributed by atoms with Gasteiger partial charge in [0.25, 0.3) is 5.91 Å². The van der Waals surface area contributed by atoms with Crippen LogP contribution in [0.4, 0.5) is 0 Å². The van der Waals surface area contributed by atoms with E-state index in [0.717, 1.165) is 11.1 Å². The van der Waals surface area contributed by atoms with Crippen LogP contribution in [0.1, 0.15) is 83.9 Å². The van der Waals surface area contributed by atoms with Crippen LogP contribution in [-0.4, -0.2) is 25.5 Å². The van der Waals surface area contributed by atoms with Gasteiger partial charge >= 0.3 is 5.97 Å². The second-order valence-corrected chi connectivity index (χ2v) is 7.30. The minimum Gasteiger partial charge on any atom is -0.465 e. The summed E-state index contributed by atoms with van der Waals surface area (Å²) in [7, 11) is 1.39. The fourth-order valence-corrected chi connectivity index (χ4v) is 2.90. The molecular weight excluding hydrogens is 350 g/mol. The number of hydrogen-bond acceptors (Lipinski definition) is 3. The van der Waals surface area contributed by atoms with Crippen molar-refractivity contribution in [1.29, 1.82) is 0 Å². The molecule has 1 N–H and O–H groups in total. The van der Waals surface area contributed by atoms with Gasteiger partial charge in [-0.15, -0.1) is 0 Å². The number of nitrogens with one attached hydrogen (secondary N) is 1. The van der Waals surface area contributed by atoms with Crippen LogP contribution in [0.25, 0.3) is 0 Å². The van der Waals surface area contributed by atoms with E-state index in [1.54, 1.807) is 12.1 Å². The smallest absolute Gasteiger partial charge is 0.337 e. The lowest BCUT2D eigenvalue weighted by Crippen LogP contribution is -2.23. The van der Waals surface area contributed by atoms with Crippen LogP contribution in [0.2, 0.25) is 0 Å². The van der Waals surface area contributed by atoms with Gasteiger partial charge in [0.15, 0.2) is 0 Å². The molecular formula is C24H33NO3. The normalized spacial score (nSPS) is 10.3. The Labute approximate surface area is 169 Å². The van der Waals surface area contributed by atoms with Crippen molar-refractivity contribution in [2.45, 2.75) is 53.4 Å². The largest absolute Gasteiger partial charge is 0.465 e. The van der Waals surface area contributed by atoms with Gasteiger partial charge in [-0.1, -0.05) is 52.0 Å². The summed E-state index contributed by atoms with van der Waals surface area (Å²) in [6, 6.07) is 13.4. The van der Waals surface area contributed by atoms with Crippen molar-refractivity contribution in [2.24, 2.45) is 0 Å². The Hall–Kier alpha value is -2.62. The van der Waals surface area contributed by atoms with Gasteiger partial charge in [0.1, 0.15) is 0 Å². The van der Waals surface area contributed by atoms with Gasteiger partial charge in [-0.25, -0.2) is 4.79 Å². The first-order valence-corrected chi connectivity index (χ1v) is 9.78. The maximum Gasteiger partial charge on any atom is 0.337 e. The molecule has 1 amide bonds. The number of carbonyl (C=O) groups is 2.